The van der Waals surface area contributed by atoms with Crippen LogP contribution in [0.15, 0.2) is 0 Å². The average Bonchev–Trinajstić information content (AvgIpc) is 2.70. The van der Waals surface area contributed by atoms with E-state index in [9.17, 15) is 15.0 Å². The number of carbonyl (C=O) groups excluding carboxylic acids is 1. The van der Waals surface area contributed by atoms with E-state index >= 15 is 0 Å². The highest BCUT2D eigenvalue weighted by atomic mass is 16.5. The van der Waals surface area contributed by atoms with Gasteiger partial charge in [0, 0.05) is 13.1 Å². The second-order valence-electron chi connectivity index (χ2n) is 5.31. The zero-order valence-electron chi connectivity index (χ0n) is 10.5. The molecule has 2 saturated heterocycles. The molecule has 2 heterocycles. The minimum atomic E-state index is -0.815. The van der Waals surface area contributed by atoms with Gasteiger partial charge in [0.05, 0.1) is 30.3 Å². The van der Waals surface area contributed by atoms with Crippen LogP contribution in [0.5, 0.6) is 0 Å². The molecule has 0 radical (unpaired) electrons. The molecule has 2 rings (SSSR count). The summed E-state index contributed by atoms with van der Waals surface area (Å²) in [6, 6.07) is 0. The third-order valence-corrected chi connectivity index (χ3v) is 4.10. The molecule has 6 unspecified atom stereocenters. The maximum atomic E-state index is 12.3. The van der Waals surface area contributed by atoms with Crippen LogP contribution in [-0.2, 0) is 9.53 Å². The first-order chi connectivity index (χ1) is 7.91. The van der Waals surface area contributed by atoms with Gasteiger partial charge in [0.1, 0.15) is 0 Å². The minimum Gasteiger partial charge on any atom is -0.388 e. The number of amides is 1. The molecule has 2 aliphatic rings. The Kier molecular flexibility index (Phi) is 3.43. The van der Waals surface area contributed by atoms with Crippen LogP contribution in [0.1, 0.15) is 20.8 Å². The summed E-state index contributed by atoms with van der Waals surface area (Å²) >= 11 is 0. The average molecular weight is 243 g/mol. The molecule has 0 aromatic carbocycles. The van der Waals surface area contributed by atoms with Crippen molar-refractivity contribution in [1.29, 1.82) is 0 Å². The molecule has 0 aromatic heterocycles. The van der Waals surface area contributed by atoms with Crippen LogP contribution in [0.4, 0.5) is 0 Å². The smallest absolute Gasteiger partial charge is 0.228 e. The van der Waals surface area contributed by atoms with E-state index in [1.165, 1.54) is 0 Å². The third kappa shape index (κ3) is 2.19. The number of nitrogens with zero attached hydrogens (tertiary/aromatic N) is 1. The predicted molar refractivity (Wildman–Crippen MR) is 61.3 cm³/mol. The van der Waals surface area contributed by atoms with Crippen LogP contribution < -0.4 is 0 Å². The van der Waals surface area contributed by atoms with Gasteiger partial charge in [0.25, 0.3) is 0 Å². The van der Waals surface area contributed by atoms with Gasteiger partial charge in [-0.05, 0) is 19.8 Å². The Labute approximate surface area is 101 Å². The molecule has 0 aliphatic carbocycles. The maximum absolute atomic E-state index is 12.3. The fourth-order valence-corrected chi connectivity index (χ4v) is 2.85. The van der Waals surface area contributed by atoms with Crippen molar-refractivity contribution in [2.75, 3.05) is 13.1 Å². The molecule has 1 amide bonds. The molecular weight excluding hydrogens is 222 g/mol. The fourth-order valence-electron chi connectivity index (χ4n) is 2.85. The second kappa shape index (κ2) is 4.55. The number of hydrogen-bond donors (Lipinski definition) is 2. The van der Waals surface area contributed by atoms with Crippen molar-refractivity contribution < 1.29 is 19.7 Å². The molecule has 0 saturated carbocycles. The number of rotatable bonds is 1. The van der Waals surface area contributed by atoms with Gasteiger partial charge < -0.3 is 19.8 Å². The van der Waals surface area contributed by atoms with Gasteiger partial charge in [-0.15, -0.1) is 0 Å². The van der Waals surface area contributed by atoms with Crippen molar-refractivity contribution in [2.24, 2.45) is 11.8 Å². The number of likely N-dealkylation sites (tertiary alicyclic amines) is 1. The standard InChI is InChI=1S/C12H21NO4/c1-6-7(2)17-8(3)11(6)12(16)13-4-9(14)10(15)5-13/h6-11,14-15H,4-5H2,1-3H3. The topological polar surface area (TPSA) is 70.0 Å². The van der Waals surface area contributed by atoms with E-state index in [1.807, 2.05) is 20.8 Å². The molecule has 2 fully saturated rings. The zero-order valence-corrected chi connectivity index (χ0v) is 10.5. The predicted octanol–water partition coefficient (Wildman–Crippen LogP) is -0.390. The molecule has 0 bridgehead atoms. The first-order valence-corrected chi connectivity index (χ1v) is 6.22. The Balaban J connectivity index is 2.05. The molecule has 17 heavy (non-hydrogen) atoms. The van der Waals surface area contributed by atoms with Crippen LogP contribution in [0.2, 0.25) is 0 Å². The highest BCUT2D eigenvalue weighted by Crippen LogP contribution is 2.34. The summed E-state index contributed by atoms with van der Waals surface area (Å²) in [7, 11) is 0. The lowest BCUT2D eigenvalue weighted by Gasteiger charge is -2.24. The van der Waals surface area contributed by atoms with E-state index < -0.39 is 12.2 Å². The van der Waals surface area contributed by atoms with Crippen LogP contribution in [0, 0.1) is 11.8 Å². The first kappa shape index (κ1) is 12.8. The molecule has 5 heteroatoms. The van der Waals surface area contributed by atoms with E-state index in [0.717, 1.165) is 0 Å². The van der Waals surface area contributed by atoms with Gasteiger partial charge in [-0.3, -0.25) is 4.79 Å². The quantitative estimate of drug-likeness (QED) is 0.658. The largest absolute Gasteiger partial charge is 0.388 e. The summed E-state index contributed by atoms with van der Waals surface area (Å²) < 4.78 is 5.65. The fraction of sp³-hybridized carbons (Fsp3) is 0.917. The van der Waals surface area contributed by atoms with Crippen molar-refractivity contribution in [1.82, 2.24) is 4.90 Å². The van der Waals surface area contributed by atoms with Crippen LogP contribution in [0.3, 0.4) is 0 Å². The summed E-state index contributed by atoms with van der Waals surface area (Å²) in [6.45, 7) is 6.35. The molecule has 2 N–H and O–H groups in total. The summed E-state index contributed by atoms with van der Waals surface area (Å²) in [4.78, 5) is 13.9. The monoisotopic (exact) mass is 243 g/mol. The van der Waals surface area contributed by atoms with E-state index in [2.05, 4.69) is 0 Å². The number of aliphatic hydroxyl groups excluding tert-OH is 2. The van der Waals surface area contributed by atoms with Crippen LogP contribution >= 0.6 is 0 Å². The first-order valence-electron chi connectivity index (χ1n) is 6.22. The van der Waals surface area contributed by atoms with Gasteiger partial charge in [0.2, 0.25) is 5.91 Å². The Bertz CT molecular complexity index is 299. The van der Waals surface area contributed by atoms with E-state index in [4.69, 9.17) is 4.74 Å². The van der Waals surface area contributed by atoms with E-state index in [-0.39, 0.29) is 43.0 Å². The van der Waals surface area contributed by atoms with Crippen molar-refractivity contribution in [3.8, 4) is 0 Å². The molecular formula is C12H21NO4. The van der Waals surface area contributed by atoms with Crippen molar-refractivity contribution >= 4 is 5.91 Å². The summed E-state index contributed by atoms with van der Waals surface area (Å²) in [5.41, 5.74) is 0. The van der Waals surface area contributed by atoms with Gasteiger partial charge in [-0.2, -0.15) is 0 Å². The Morgan fingerprint density at radius 3 is 2.06 bits per heavy atom. The molecule has 0 aromatic rings. The molecule has 98 valence electrons. The van der Waals surface area contributed by atoms with Gasteiger partial charge in [0.15, 0.2) is 0 Å². The minimum absolute atomic E-state index is 0.00931. The summed E-state index contributed by atoms with van der Waals surface area (Å²) in [5.74, 6) is -0.000152. The number of β-amino-alcohol motifs (C(OH)–C–C–N with tert-alkyl or cyclic N) is 2. The molecule has 6 atom stereocenters. The molecule has 2 aliphatic heterocycles. The number of aliphatic hydroxyl groups is 2. The number of carbonyl (C=O) groups is 1. The lowest BCUT2D eigenvalue weighted by Crippen LogP contribution is -2.40. The van der Waals surface area contributed by atoms with Crippen molar-refractivity contribution in [2.45, 2.75) is 45.2 Å². The lowest BCUT2D eigenvalue weighted by atomic mass is 9.88. The second-order valence-corrected chi connectivity index (χ2v) is 5.31. The normalized spacial score (nSPS) is 46.5. The highest BCUT2D eigenvalue weighted by molar-refractivity contribution is 5.80. The van der Waals surface area contributed by atoms with Crippen molar-refractivity contribution in [3.63, 3.8) is 0 Å². The Morgan fingerprint density at radius 2 is 1.65 bits per heavy atom. The van der Waals surface area contributed by atoms with Gasteiger partial charge in [-0.25, -0.2) is 0 Å². The number of hydrogen-bond acceptors (Lipinski definition) is 4. The molecule has 5 nitrogen and oxygen atoms in total. The third-order valence-electron chi connectivity index (χ3n) is 4.10. The van der Waals surface area contributed by atoms with Crippen LogP contribution in [0.25, 0.3) is 0 Å². The number of ether oxygens (including phenoxy) is 1. The lowest BCUT2D eigenvalue weighted by molar-refractivity contribution is -0.137. The summed E-state index contributed by atoms with van der Waals surface area (Å²) in [5, 5.41) is 18.9. The SMILES string of the molecule is CC1OC(C)C(C(=O)N2CC(O)C(O)C2)C1C. The van der Waals surface area contributed by atoms with Gasteiger partial charge in [-0.1, -0.05) is 6.92 Å². The van der Waals surface area contributed by atoms with E-state index in [0.29, 0.717) is 0 Å². The summed E-state index contributed by atoms with van der Waals surface area (Å²) in [6.07, 6.45) is -1.65. The zero-order chi connectivity index (χ0) is 12.7. The van der Waals surface area contributed by atoms with Crippen LogP contribution in [-0.4, -0.2) is 58.5 Å². The molecule has 0 spiro atoms. The van der Waals surface area contributed by atoms with E-state index in [1.54, 1.807) is 4.90 Å². The van der Waals surface area contributed by atoms with Crippen molar-refractivity contribution in [3.05, 3.63) is 0 Å². The highest BCUT2D eigenvalue weighted by Gasteiger charge is 2.45. The maximum Gasteiger partial charge on any atom is 0.228 e. The Morgan fingerprint density at radius 1 is 1.12 bits per heavy atom. The Hall–Kier alpha value is -0.650. The van der Waals surface area contributed by atoms with Gasteiger partial charge >= 0.3 is 0 Å².